The number of carbonyl (C=O) groups excluding carboxylic acids is 4. The highest BCUT2D eigenvalue weighted by atomic mass is 19.3. The van der Waals surface area contributed by atoms with Gasteiger partial charge in [-0.1, -0.05) is 20.8 Å². The molecule has 0 amide bonds. The Balaban J connectivity index is 0. The molecule has 0 N–H and O–H groups in total. The van der Waals surface area contributed by atoms with Crippen LogP contribution in [-0.2, 0) is 38.1 Å². The molecule has 0 bridgehead atoms. The van der Waals surface area contributed by atoms with E-state index in [0.717, 1.165) is 0 Å². The van der Waals surface area contributed by atoms with Crippen LogP contribution in [0.2, 0.25) is 0 Å². The topological polar surface area (TPSA) is 105 Å². The monoisotopic (exact) mass is 718 g/mol. The Labute approximate surface area is 262 Å². The van der Waals surface area contributed by atoms with E-state index in [1.54, 1.807) is 34.6 Å². The van der Waals surface area contributed by atoms with Crippen molar-refractivity contribution in [1.82, 2.24) is 0 Å². The molecule has 0 aliphatic carbocycles. The second-order valence-electron chi connectivity index (χ2n) is 10.8. The highest BCUT2D eigenvalue weighted by Crippen LogP contribution is 2.36. The second-order valence-corrected chi connectivity index (χ2v) is 10.8. The first kappa shape index (κ1) is 46.2. The maximum atomic E-state index is 13.3. The van der Waals surface area contributed by atoms with Crippen LogP contribution in [0.5, 0.6) is 0 Å². The van der Waals surface area contributed by atoms with Gasteiger partial charge in [-0.15, -0.1) is 0 Å². The standard InChI is InChI=1S/C14H20F6O4.C13H18F6O4/c1-4-12(2,3)10(21)23-5-6-24-11(22)14(19,20)8-13(17,18)7-9(15)16;1-3-8(2)10(20)22-4-5-23-11(21)13(18,19)7-12(16,17)6-9(14)15/h9H,4-8H2,1-3H3;8-9H,3-7H2,1-2H3. The number of rotatable bonds is 20. The molecule has 0 saturated heterocycles. The first-order valence-electron chi connectivity index (χ1n) is 13.9. The van der Waals surface area contributed by atoms with E-state index in [9.17, 15) is 71.9 Å². The van der Waals surface area contributed by atoms with Gasteiger partial charge in [0.05, 0.1) is 37.0 Å². The number of alkyl halides is 12. The summed E-state index contributed by atoms with van der Waals surface area (Å²) in [5.74, 6) is -24.4. The fraction of sp³-hybridized carbons (Fsp3) is 0.852. The van der Waals surface area contributed by atoms with Crippen LogP contribution in [0.3, 0.4) is 0 Å². The van der Waals surface area contributed by atoms with Crippen molar-refractivity contribution in [3.05, 3.63) is 0 Å². The van der Waals surface area contributed by atoms with Crippen LogP contribution in [0.15, 0.2) is 0 Å². The lowest BCUT2D eigenvalue weighted by Gasteiger charge is -2.22. The van der Waals surface area contributed by atoms with Gasteiger partial charge in [0.2, 0.25) is 12.9 Å². The molecule has 0 spiro atoms. The Hall–Kier alpha value is -2.96. The van der Waals surface area contributed by atoms with Crippen molar-refractivity contribution in [3.8, 4) is 0 Å². The van der Waals surface area contributed by atoms with Gasteiger partial charge in [0.1, 0.15) is 26.4 Å². The summed E-state index contributed by atoms with van der Waals surface area (Å²) in [5.41, 5.74) is -0.814. The molecule has 278 valence electrons. The minimum absolute atomic E-state index is 0.430. The Morgan fingerprint density at radius 1 is 0.574 bits per heavy atom. The van der Waals surface area contributed by atoms with Crippen LogP contribution in [0.1, 0.15) is 73.1 Å². The van der Waals surface area contributed by atoms with E-state index in [0.29, 0.717) is 12.8 Å². The first-order chi connectivity index (χ1) is 21.1. The largest absolute Gasteiger partial charge is 0.462 e. The zero-order chi connectivity index (χ0) is 37.4. The van der Waals surface area contributed by atoms with E-state index in [-0.39, 0.29) is 0 Å². The number of hydrogen-bond donors (Lipinski definition) is 0. The summed E-state index contributed by atoms with van der Waals surface area (Å²) in [4.78, 5) is 44.9. The van der Waals surface area contributed by atoms with Crippen LogP contribution in [-0.4, -0.2) is 86.8 Å². The molecule has 0 aromatic rings. The van der Waals surface area contributed by atoms with Gasteiger partial charge in [-0.25, -0.2) is 44.7 Å². The van der Waals surface area contributed by atoms with Gasteiger partial charge in [-0.3, -0.25) is 9.59 Å². The number of esters is 4. The van der Waals surface area contributed by atoms with Crippen LogP contribution in [0, 0.1) is 11.3 Å². The third-order valence-corrected chi connectivity index (χ3v) is 6.03. The Morgan fingerprint density at radius 2 is 0.894 bits per heavy atom. The number of carbonyl (C=O) groups is 4. The third-order valence-electron chi connectivity index (χ3n) is 6.03. The molecule has 0 aliphatic rings. The molecule has 0 aromatic heterocycles. The van der Waals surface area contributed by atoms with Crippen molar-refractivity contribution >= 4 is 23.9 Å². The molecule has 0 aliphatic heterocycles. The van der Waals surface area contributed by atoms with Crippen LogP contribution < -0.4 is 0 Å². The van der Waals surface area contributed by atoms with Crippen LogP contribution >= 0.6 is 0 Å². The maximum Gasteiger partial charge on any atom is 0.377 e. The molecule has 0 saturated carbocycles. The predicted molar refractivity (Wildman–Crippen MR) is 138 cm³/mol. The van der Waals surface area contributed by atoms with Crippen molar-refractivity contribution in [2.75, 3.05) is 26.4 Å². The van der Waals surface area contributed by atoms with E-state index in [1.807, 2.05) is 0 Å². The third kappa shape index (κ3) is 20.1. The van der Waals surface area contributed by atoms with E-state index in [2.05, 4.69) is 14.2 Å². The average Bonchev–Trinajstić information content (AvgIpc) is 2.89. The van der Waals surface area contributed by atoms with Gasteiger partial charge in [0.25, 0.3) is 11.8 Å². The fourth-order valence-corrected chi connectivity index (χ4v) is 2.79. The molecule has 47 heavy (non-hydrogen) atoms. The lowest BCUT2D eigenvalue weighted by atomic mass is 9.91. The zero-order valence-corrected chi connectivity index (χ0v) is 26.1. The van der Waals surface area contributed by atoms with Gasteiger partial charge in [-0.05, 0) is 26.7 Å². The van der Waals surface area contributed by atoms with Crippen molar-refractivity contribution in [2.24, 2.45) is 11.3 Å². The van der Waals surface area contributed by atoms with Gasteiger partial charge in [0.15, 0.2) is 0 Å². The SMILES string of the molecule is CCC(C)(C)C(=O)OCCOC(=O)C(F)(F)CC(F)(F)CC(F)F.CCC(C)C(=O)OCCOC(=O)C(F)(F)CC(F)(F)CC(F)F. The van der Waals surface area contributed by atoms with Crippen LogP contribution in [0.25, 0.3) is 0 Å². The van der Waals surface area contributed by atoms with Crippen molar-refractivity contribution < 1.29 is 90.8 Å². The summed E-state index contributed by atoms with van der Waals surface area (Å²) in [6.45, 7) is 5.61. The minimum atomic E-state index is -4.63. The lowest BCUT2D eigenvalue weighted by Crippen LogP contribution is -2.39. The summed E-state index contributed by atoms with van der Waals surface area (Å²) in [6, 6.07) is 0. The second kappa shape index (κ2) is 19.8. The van der Waals surface area contributed by atoms with Crippen molar-refractivity contribution in [1.29, 1.82) is 0 Å². The summed E-state index contributed by atoms with van der Waals surface area (Å²) in [5, 5.41) is 0. The molecule has 0 rings (SSSR count). The van der Waals surface area contributed by atoms with Gasteiger partial charge in [0, 0.05) is 0 Å². The molecular weight excluding hydrogens is 680 g/mol. The predicted octanol–water partition coefficient (Wildman–Crippen LogP) is 7.26. The number of halogens is 12. The lowest BCUT2D eigenvalue weighted by molar-refractivity contribution is -0.189. The average molecular weight is 719 g/mol. The van der Waals surface area contributed by atoms with Crippen molar-refractivity contribution in [2.45, 2.75) is 110 Å². The molecule has 0 radical (unpaired) electrons. The first-order valence-corrected chi connectivity index (χ1v) is 13.9. The van der Waals surface area contributed by atoms with Crippen molar-refractivity contribution in [3.63, 3.8) is 0 Å². The summed E-state index contributed by atoms with van der Waals surface area (Å²) >= 11 is 0. The Bertz CT molecular complexity index is 991. The van der Waals surface area contributed by atoms with Gasteiger partial charge >= 0.3 is 35.7 Å². The van der Waals surface area contributed by atoms with Crippen LogP contribution in [0.4, 0.5) is 52.7 Å². The minimum Gasteiger partial charge on any atom is -0.462 e. The highest BCUT2D eigenvalue weighted by molar-refractivity contribution is 5.78. The normalized spacial score (nSPS) is 13.4. The van der Waals surface area contributed by atoms with E-state index in [4.69, 9.17) is 4.74 Å². The highest BCUT2D eigenvalue weighted by Gasteiger charge is 2.52. The molecule has 1 unspecified atom stereocenters. The Kier molecular flexibility index (Phi) is 19.4. The smallest absolute Gasteiger partial charge is 0.377 e. The van der Waals surface area contributed by atoms with E-state index in [1.165, 1.54) is 0 Å². The molecule has 8 nitrogen and oxygen atoms in total. The maximum absolute atomic E-state index is 13.3. The Morgan fingerprint density at radius 3 is 1.19 bits per heavy atom. The number of hydrogen-bond acceptors (Lipinski definition) is 8. The number of ether oxygens (including phenoxy) is 4. The summed E-state index contributed by atoms with van der Waals surface area (Å²) < 4.78 is 170. The van der Waals surface area contributed by atoms with Gasteiger partial charge in [-0.2, -0.15) is 17.6 Å². The summed E-state index contributed by atoms with van der Waals surface area (Å²) in [7, 11) is 0. The summed E-state index contributed by atoms with van der Waals surface area (Å²) in [6.07, 6.45) is -15.0. The molecular formula is C27H38F12O8. The molecule has 0 heterocycles. The molecule has 0 fully saturated rings. The van der Waals surface area contributed by atoms with E-state index < -0.39 is 124 Å². The molecule has 1 atom stereocenters. The molecule has 20 heteroatoms. The van der Waals surface area contributed by atoms with E-state index >= 15 is 0 Å². The van der Waals surface area contributed by atoms with Gasteiger partial charge < -0.3 is 18.9 Å². The fourth-order valence-electron chi connectivity index (χ4n) is 2.79. The molecule has 0 aromatic carbocycles. The quantitative estimate of drug-likeness (QED) is 0.0561. The zero-order valence-electron chi connectivity index (χ0n) is 26.1.